The second kappa shape index (κ2) is 7.06. The summed E-state index contributed by atoms with van der Waals surface area (Å²) in [6.07, 6.45) is 4.04. The zero-order chi connectivity index (χ0) is 14.5. The minimum atomic E-state index is -0.0825. The van der Waals surface area contributed by atoms with E-state index in [1.54, 1.807) is 6.07 Å². The molecular weight excluding hydrogens is 272 g/mol. The van der Waals surface area contributed by atoms with Crippen molar-refractivity contribution in [2.75, 3.05) is 46.1 Å². The number of morpholine rings is 1. The molecule has 0 saturated carbocycles. The third kappa shape index (κ3) is 3.64. The molecule has 1 aromatic rings. The van der Waals surface area contributed by atoms with Crippen molar-refractivity contribution >= 4 is 5.91 Å². The monoisotopic (exact) mass is 294 g/mol. The number of carbonyl (C=O) groups excluding carboxylic acids is 1. The van der Waals surface area contributed by atoms with Gasteiger partial charge in [-0.15, -0.1) is 0 Å². The number of ether oxygens (including phenoxy) is 2. The minimum absolute atomic E-state index is 0.0825. The number of nitrogens with zero attached hydrogens (tertiary/aromatic N) is 1. The Kier molecular flexibility index (Phi) is 4.90. The fourth-order valence-electron chi connectivity index (χ4n) is 3.05. The van der Waals surface area contributed by atoms with E-state index in [0.29, 0.717) is 24.1 Å². The molecule has 2 atom stereocenters. The van der Waals surface area contributed by atoms with E-state index in [9.17, 15) is 4.79 Å². The summed E-state index contributed by atoms with van der Waals surface area (Å²) >= 11 is 0. The Morgan fingerprint density at radius 1 is 1.33 bits per heavy atom. The lowest BCUT2D eigenvalue weighted by Gasteiger charge is -2.37. The molecule has 2 aliphatic rings. The van der Waals surface area contributed by atoms with Crippen LogP contribution in [0, 0.1) is 5.92 Å². The molecule has 3 rings (SSSR count). The quantitative estimate of drug-likeness (QED) is 0.868. The average molecular weight is 294 g/mol. The molecule has 0 spiro atoms. The lowest BCUT2D eigenvalue weighted by atomic mass is 9.96. The van der Waals surface area contributed by atoms with Gasteiger partial charge in [0.15, 0.2) is 0 Å². The van der Waals surface area contributed by atoms with Gasteiger partial charge in [0.2, 0.25) is 0 Å². The van der Waals surface area contributed by atoms with E-state index in [4.69, 9.17) is 13.9 Å². The van der Waals surface area contributed by atoms with Crippen LogP contribution < -0.4 is 5.32 Å². The van der Waals surface area contributed by atoms with Crippen LogP contribution in [-0.4, -0.2) is 62.9 Å². The molecule has 6 nitrogen and oxygen atoms in total. The summed E-state index contributed by atoms with van der Waals surface area (Å²) in [5.74, 6) is 0.397. The second-order valence-corrected chi connectivity index (χ2v) is 5.56. The van der Waals surface area contributed by atoms with Gasteiger partial charge >= 0.3 is 0 Å². The first-order valence-electron chi connectivity index (χ1n) is 7.54. The van der Waals surface area contributed by atoms with E-state index in [0.717, 1.165) is 45.9 Å². The maximum Gasteiger partial charge on any atom is 0.254 e. The van der Waals surface area contributed by atoms with Gasteiger partial charge in [0.25, 0.3) is 5.91 Å². The van der Waals surface area contributed by atoms with Crippen LogP contribution in [0.4, 0.5) is 0 Å². The molecule has 3 heterocycles. The number of furan rings is 1. The summed E-state index contributed by atoms with van der Waals surface area (Å²) in [6.45, 7) is 5.60. The van der Waals surface area contributed by atoms with Crippen molar-refractivity contribution in [1.82, 2.24) is 10.2 Å². The molecule has 21 heavy (non-hydrogen) atoms. The first kappa shape index (κ1) is 14.6. The summed E-state index contributed by atoms with van der Waals surface area (Å²) in [5, 5.41) is 3.02. The standard InChI is InChI=1S/C15H22N2O4/c18-15(13-2-6-21-11-13)16-9-14(12-1-5-20-10-12)17-3-7-19-8-4-17/h2,6,11-12,14H,1,3-5,7-10H2,(H,16,18). The normalized spacial score (nSPS) is 24.9. The molecule has 0 radical (unpaired) electrons. The van der Waals surface area contributed by atoms with Crippen molar-refractivity contribution in [3.05, 3.63) is 24.2 Å². The Labute approximate surface area is 124 Å². The highest BCUT2D eigenvalue weighted by molar-refractivity contribution is 5.93. The molecule has 2 aliphatic heterocycles. The van der Waals surface area contributed by atoms with E-state index < -0.39 is 0 Å². The van der Waals surface area contributed by atoms with Crippen LogP contribution in [0.5, 0.6) is 0 Å². The average Bonchev–Trinajstić information content (AvgIpc) is 3.22. The van der Waals surface area contributed by atoms with Crippen molar-refractivity contribution in [1.29, 1.82) is 0 Å². The molecule has 1 aromatic heterocycles. The number of carbonyl (C=O) groups is 1. The molecule has 0 aromatic carbocycles. The van der Waals surface area contributed by atoms with E-state index in [-0.39, 0.29) is 5.91 Å². The lowest BCUT2D eigenvalue weighted by molar-refractivity contribution is 0.00166. The summed E-state index contributed by atoms with van der Waals surface area (Å²) in [5.41, 5.74) is 0.568. The molecule has 2 saturated heterocycles. The Bertz CT molecular complexity index is 437. The van der Waals surface area contributed by atoms with Crippen molar-refractivity contribution in [3.63, 3.8) is 0 Å². The van der Waals surface area contributed by atoms with Gasteiger partial charge in [0.05, 0.1) is 31.6 Å². The van der Waals surface area contributed by atoms with Crippen molar-refractivity contribution in [2.45, 2.75) is 12.5 Å². The first-order valence-corrected chi connectivity index (χ1v) is 7.54. The Morgan fingerprint density at radius 3 is 2.86 bits per heavy atom. The third-order valence-electron chi connectivity index (χ3n) is 4.28. The molecule has 2 unspecified atom stereocenters. The predicted molar refractivity (Wildman–Crippen MR) is 76.1 cm³/mol. The van der Waals surface area contributed by atoms with Crippen LogP contribution in [0.1, 0.15) is 16.8 Å². The number of rotatable bonds is 5. The highest BCUT2D eigenvalue weighted by Gasteiger charge is 2.31. The minimum Gasteiger partial charge on any atom is -0.472 e. The summed E-state index contributed by atoms with van der Waals surface area (Å²) in [4.78, 5) is 14.5. The molecule has 1 amide bonds. The van der Waals surface area contributed by atoms with Gasteiger partial charge in [-0.3, -0.25) is 9.69 Å². The summed E-state index contributed by atoms with van der Waals surface area (Å²) < 4.78 is 15.9. The highest BCUT2D eigenvalue weighted by atomic mass is 16.5. The number of amides is 1. The Morgan fingerprint density at radius 2 is 2.19 bits per heavy atom. The number of hydrogen-bond donors (Lipinski definition) is 1. The molecule has 116 valence electrons. The lowest BCUT2D eigenvalue weighted by Crippen LogP contribution is -2.52. The van der Waals surface area contributed by atoms with E-state index in [1.807, 2.05) is 0 Å². The zero-order valence-corrected chi connectivity index (χ0v) is 12.1. The molecule has 2 fully saturated rings. The molecule has 0 bridgehead atoms. The fraction of sp³-hybridized carbons (Fsp3) is 0.667. The maximum atomic E-state index is 12.1. The Balaban J connectivity index is 1.59. The largest absolute Gasteiger partial charge is 0.472 e. The molecular formula is C15H22N2O4. The van der Waals surface area contributed by atoms with Crippen LogP contribution in [0.3, 0.4) is 0 Å². The van der Waals surface area contributed by atoms with Crippen molar-refractivity contribution in [3.8, 4) is 0 Å². The van der Waals surface area contributed by atoms with Crippen LogP contribution in [0.25, 0.3) is 0 Å². The van der Waals surface area contributed by atoms with Gasteiger partial charge in [-0.1, -0.05) is 0 Å². The number of nitrogens with one attached hydrogen (secondary N) is 1. The van der Waals surface area contributed by atoms with E-state index in [1.165, 1.54) is 12.5 Å². The first-order chi connectivity index (χ1) is 10.3. The third-order valence-corrected chi connectivity index (χ3v) is 4.28. The zero-order valence-electron chi connectivity index (χ0n) is 12.1. The van der Waals surface area contributed by atoms with Crippen LogP contribution in [0.2, 0.25) is 0 Å². The van der Waals surface area contributed by atoms with Gasteiger partial charge in [-0.2, -0.15) is 0 Å². The van der Waals surface area contributed by atoms with Crippen molar-refractivity contribution < 1.29 is 18.7 Å². The van der Waals surface area contributed by atoms with E-state index >= 15 is 0 Å². The van der Waals surface area contributed by atoms with Gasteiger partial charge < -0.3 is 19.2 Å². The SMILES string of the molecule is O=C(NCC(C1CCOC1)N1CCOCC1)c1ccoc1. The number of hydrogen-bond acceptors (Lipinski definition) is 5. The van der Waals surface area contributed by atoms with Gasteiger partial charge in [0.1, 0.15) is 6.26 Å². The molecule has 6 heteroatoms. The van der Waals surface area contributed by atoms with E-state index in [2.05, 4.69) is 10.2 Å². The highest BCUT2D eigenvalue weighted by Crippen LogP contribution is 2.22. The summed E-state index contributed by atoms with van der Waals surface area (Å²) in [7, 11) is 0. The van der Waals surface area contributed by atoms with Gasteiger partial charge in [-0.25, -0.2) is 0 Å². The van der Waals surface area contributed by atoms with Gasteiger partial charge in [0, 0.05) is 38.2 Å². The fourth-order valence-corrected chi connectivity index (χ4v) is 3.05. The maximum absolute atomic E-state index is 12.1. The van der Waals surface area contributed by atoms with Crippen LogP contribution in [-0.2, 0) is 9.47 Å². The Hall–Kier alpha value is -1.37. The topological polar surface area (TPSA) is 63.9 Å². The van der Waals surface area contributed by atoms with Crippen LogP contribution >= 0.6 is 0 Å². The molecule has 1 N–H and O–H groups in total. The smallest absolute Gasteiger partial charge is 0.254 e. The predicted octanol–water partition coefficient (Wildman–Crippen LogP) is 0.747. The summed E-state index contributed by atoms with van der Waals surface area (Å²) in [6, 6.07) is 1.99. The second-order valence-electron chi connectivity index (χ2n) is 5.56. The molecule has 0 aliphatic carbocycles. The van der Waals surface area contributed by atoms with Crippen molar-refractivity contribution in [2.24, 2.45) is 5.92 Å². The van der Waals surface area contributed by atoms with Crippen LogP contribution in [0.15, 0.2) is 23.0 Å². The van der Waals surface area contributed by atoms with Gasteiger partial charge in [-0.05, 0) is 12.5 Å².